The minimum absolute atomic E-state index is 0.0935. The molecule has 1 fully saturated rings. The number of rotatable bonds is 8. The molecule has 8 heteroatoms. The summed E-state index contributed by atoms with van der Waals surface area (Å²) in [6.45, 7) is 4.52. The molecule has 0 radical (unpaired) electrons. The molecule has 2 aromatic rings. The summed E-state index contributed by atoms with van der Waals surface area (Å²) in [4.78, 5) is 16.8. The van der Waals surface area contributed by atoms with E-state index in [1.165, 1.54) is 13.2 Å². The lowest BCUT2D eigenvalue weighted by atomic mass is 9.68. The van der Waals surface area contributed by atoms with Gasteiger partial charge in [0.2, 0.25) is 12.2 Å². The van der Waals surface area contributed by atoms with Gasteiger partial charge < -0.3 is 20.7 Å². The van der Waals surface area contributed by atoms with E-state index in [-0.39, 0.29) is 17.8 Å². The number of benzene rings is 2. The number of nitrogens with one attached hydrogen (secondary N) is 3. The van der Waals surface area contributed by atoms with Crippen LogP contribution in [0.4, 0.5) is 4.39 Å². The van der Waals surface area contributed by atoms with Gasteiger partial charge in [-0.25, -0.2) is 4.39 Å². The van der Waals surface area contributed by atoms with Gasteiger partial charge in [-0.05, 0) is 55.5 Å². The summed E-state index contributed by atoms with van der Waals surface area (Å²) in [7, 11) is 1.53. The predicted molar refractivity (Wildman–Crippen MR) is 130 cm³/mol. The molecule has 0 aromatic heterocycles. The summed E-state index contributed by atoms with van der Waals surface area (Å²) in [5, 5.41) is 18.3. The summed E-state index contributed by atoms with van der Waals surface area (Å²) in [5.74, 6) is 0.384. The number of nitrogens with zero attached hydrogens (tertiary/aromatic N) is 2. The zero-order valence-corrected chi connectivity index (χ0v) is 19.3. The number of halogens is 1. The molecule has 34 heavy (non-hydrogen) atoms. The fraction of sp³-hybridized carbons (Fsp3) is 0.346. The zero-order valence-electron chi connectivity index (χ0n) is 19.3. The lowest BCUT2D eigenvalue weighted by molar-refractivity contribution is 0.0932. The second-order valence-corrected chi connectivity index (χ2v) is 8.32. The van der Waals surface area contributed by atoms with Crippen molar-refractivity contribution in [1.82, 2.24) is 16.0 Å². The smallest absolute Gasteiger partial charge is 0.255 e. The lowest BCUT2D eigenvalue weighted by Gasteiger charge is -2.41. The van der Waals surface area contributed by atoms with E-state index in [1.807, 2.05) is 12.1 Å². The Morgan fingerprint density at radius 2 is 2.03 bits per heavy atom. The summed E-state index contributed by atoms with van der Waals surface area (Å²) >= 11 is 0. The number of carbonyl (C=O) groups is 1. The molecule has 178 valence electrons. The molecular formula is C26H30FN5O2. The number of guanidine groups is 1. The molecule has 0 saturated heterocycles. The van der Waals surface area contributed by atoms with Crippen LogP contribution in [0.2, 0.25) is 0 Å². The van der Waals surface area contributed by atoms with Crippen LogP contribution >= 0.6 is 0 Å². The Morgan fingerprint density at radius 1 is 1.26 bits per heavy atom. The number of hydrogen-bond acceptors (Lipinski definition) is 4. The van der Waals surface area contributed by atoms with Crippen molar-refractivity contribution in [2.75, 3.05) is 20.2 Å². The van der Waals surface area contributed by atoms with E-state index in [2.05, 4.69) is 27.5 Å². The molecule has 1 aliphatic rings. The van der Waals surface area contributed by atoms with Crippen molar-refractivity contribution in [2.45, 2.75) is 37.1 Å². The Balaban J connectivity index is 1.75. The van der Waals surface area contributed by atoms with Crippen molar-refractivity contribution < 1.29 is 13.9 Å². The number of aliphatic imine (C=N–C) groups is 1. The van der Waals surface area contributed by atoms with Gasteiger partial charge in [-0.1, -0.05) is 30.3 Å². The highest BCUT2D eigenvalue weighted by Gasteiger charge is 2.38. The second kappa shape index (κ2) is 11.8. The Kier molecular flexibility index (Phi) is 8.63. The van der Waals surface area contributed by atoms with Gasteiger partial charge in [0.1, 0.15) is 11.6 Å². The maximum atomic E-state index is 14.1. The Morgan fingerprint density at radius 3 is 2.71 bits per heavy atom. The average molecular weight is 464 g/mol. The highest BCUT2D eigenvalue weighted by atomic mass is 19.1. The lowest BCUT2D eigenvalue weighted by Crippen LogP contribution is -2.49. The Labute approximate surface area is 199 Å². The minimum atomic E-state index is -0.418. The van der Waals surface area contributed by atoms with Crippen LogP contribution in [0.1, 0.15) is 41.6 Å². The van der Waals surface area contributed by atoms with E-state index in [0.717, 1.165) is 31.2 Å². The van der Waals surface area contributed by atoms with Gasteiger partial charge in [0.25, 0.3) is 5.91 Å². The van der Waals surface area contributed by atoms with E-state index >= 15 is 0 Å². The van der Waals surface area contributed by atoms with Gasteiger partial charge in [0.15, 0.2) is 0 Å². The molecule has 0 unspecified atom stereocenters. The number of nitriles is 1. The number of hydrogen-bond donors (Lipinski definition) is 3. The van der Waals surface area contributed by atoms with Crippen LogP contribution < -0.4 is 20.7 Å². The summed E-state index contributed by atoms with van der Waals surface area (Å²) in [6.07, 6.45) is 6.47. The number of para-hydroxylation sites is 1. The zero-order chi connectivity index (χ0) is 24.4. The molecular weight excluding hydrogens is 433 g/mol. The topological polar surface area (TPSA) is 98.5 Å². The Bertz CT molecular complexity index is 1070. The molecule has 0 heterocycles. The fourth-order valence-electron chi connectivity index (χ4n) is 4.41. The van der Waals surface area contributed by atoms with Gasteiger partial charge >= 0.3 is 0 Å². The largest absolute Gasteiger partial charge is 0.496 e. The molecule has 3 N–H and O–H groups in total. The van der Waals surface area contributed by atoms with Crippen molar-refractivity contribution >= 4 is 11.9 Å². The van der Waals surface area contributed by atoms with Crippen LogP contribution in [0, 0.1) is 17.3 Å². The SMILES string of the molecule is C=CCN/C(=N\C#N)N[C@H]1CC[C@](CNC(=O)c2ccccc2OC)(c2cccc(F)c2)CC1. The monoisotopic (exact) mass is 463 g/mol. The number of amides is 1. The quantitative estimate of drug-likeness (QED) is 0.240. The molecule has 2 aromatic carbocycles. The predicted octanol–water partition coefficient (Wildman–Crippen LogP) is 3.65. The van der Waals surface area contributed by atoms with E-state index in [9.17, 15) is 9.18 Å². The van der Waals surface area contributed by atoms with Crippen molar-refractivity contribution in [1.29, 1.82) is 5.26 Å². The molecule has 0 aliphatic heterocycles. The standard InChI is InChI=1S/C26H30FN5O2/c1-3-15-29-25(31-18-28)32-21-11-13-26(14-12-21,19-7-6-8-20(27)16-19)17-30-24(33)22-9-4-5-10-23(22)34-2/h3-10,16,21H,1,11-15,17H2,2H3,(H,30,33)(H2,29,31,32)/t21-,26-. The maximum Gasteiger partial charge on any atom is 0.255 e. The van der Waals surface area contributed by atoms with Crippen LogP contribution in [0.5, 0.6) is 5.75 Å². The first-order chi connectivity index (χ1) is 16.5. The highest BCUT2D eigenvalue weighted by Crippen LogP contribution is 2.39. The second-order valence-electron chi connectivity index (χ2n) is 8.32. The Hall–Kier alpha value is -3.86. The van der Waals surface area contributed by atoms with Crippen LogP contribution in [0.25, 0.3) is 0 Å². The van der Waals surface area contributed by atoms with Gasteiger partial charge in [-0.3, -0.25) is 4.79 Å². The third kappa shape index (κ3) is 6.13. The highest BCUT2D eigenvalue weighted by molar-refractivity contribution is 5.97. The van der Waals surface area contributed by atoms with Crippen LogP contribution in [0.3, 0.4) is 0 Å². The normalized spacial score (nSPS) is 20.0. The maximum absolute atomic E-state index is 14.1. The van der Waals surface area contributed by atoms with Gasteiger partial charge in [0, 0.05) is 24.5 Å². The van der Waals surface area contributed by atoms with E-state index in [4.69, 9.17) is 10.00 Å². The molecule has 0 spiro atoms. The molecule has 3 rings (SSSR count). The molecule has 1 amide bonds. The van der Waals surface area contributed by atoms with Gasteiger partial charge in [0.05, 0.1) is 12.7 Å². The number of methoxy groups -OCH3 is 1. The van der Waals surface area contributed by atoms with E-state index < -0.39 is 5.41 Å². The van der Waals surface area contributed by atoms with Crippen LogP contribution in [-0.4, -0.2) is 38.1 Å². The summed E-state index contributed by atoms with van der Waals surface area (Å²) in [6, 6.07) is 13.8. The molecule has 1 saturated carbocycles. The molecule has 0 bridgehead atoms. The molecule has 0 atom stereocenters. The van der Waals surface area contributed by atoms with Crippen molar-refractivity contribution in [3.05, 3.63) is 78.1 Å². The van der Waals surface area contributed by atoms with Crippen LogP contribution in [0.15, 0.2) is 66.2 Å². The van der Waals surface area contributed by atoms with Crippen LogP contribution in [-0.2, 0) is 5.41 Å². The van der Waals surface area contributed by atoms with Crippen molar-refractivity contribution in [2.24, 2.45) is 4.99 Å². The number of carbonyl (C=O) groups excluding carboxylic acids is 1. The average Bonchev–Trinajstić information content (AvgIpc) is 2.87. The van der Waals surface area contributed by atoms with Gasteiger partial charge in [-0.15, -0.1) is 11.6 Å². The van der Waals surface area contributed by atoms with Gasteiger partial charge in [-0.2, -0.15) is 5.26 Å². The fourth-order valence-corrected chi connectivity index (χ4v) is 4.41. The first kappa shape index (κ1) is 24.8. The first-order valence-corrected chi connectivity index (χ1v) is 11.3. The van der Waals surface area contributed by atoms with E-state index in [0.29, 0.717) is 30.4 Å². The first-order valence-electron chi connectivity index (χ1n) is 11.3. The third-order valence-corrected chi connectivity index (χ3v) is 6.24. The molecule has 7 nitrogen and oxygen atoms in total. The summed E-state index contributed by atoms with van der Waals surface area (Å²) in [5.41, 5.74) is 0.904. The minimum Gasteiger partial charge on any atom is -0.496 e. The summed E-state index contributed by atoms with van der Waals surface area (Å²) < 4.78 is 19.4. The third-order valence-electron chi connectivity index (χ3n) is 6.24. The number of ether oxygens (including phenoxy) is 1. The van der Waals surface area contributed by atoms with Crippen molar-refractivity contribution in [3.8, 4) is 11.9 Å². The van der Waals surface area contributed by atoms with E-state index in [1.54, 1.807) is 42.6 Å². The van der Waals surface area contributed by atoms with Crippen molar-refractivity contribution in [3.63, 3.8) is 0 Å². The molecule has 1 aliphatic carbocycles.